The first-order valence-electron chi connectivity index (χ1n) is 9.36. The molecule has 0 saturated heterocycles. The van der Waals surface area contributed by atoms with Crippen LogP contribution in [0.1, 0.15) is 29.0 Å². The van der Waals surface area contributed by atoms with Crippen molar-refractivity contribution in [2.75, 3.05) is 13.7 Å². The highest BCUT2D eigenvalue weighted by atomic mass is 19.1. The Balaban J connectivity index is 1.59. The summed E-state index contributed by atoms with van der Waals surface area (Å²) < 4.78 is 18.7. The monoisotopic (exact) mass is 377 g/mol. The summed E-state index contributed by atoms with van der Waals surface area (Å²) in [6, 6.07) is 25.2. The van der Waals surface area contributed by atoms with Crippen molar-refractivity contribution in [2.24, 2.45) is 0 Å². The summed E-state index contributed by atoms with van der Waals surface area (Å²) in [7, 11) is 1.42. The van der Waals surface area contributed by atoms with E-state index >= 15 is 0 Å². The van der Waals surface area contributed by atoms with Crippen LogP contribution < -0.4 is 10.1 Å². The highest BCUT2D eigenvalue weighted by Crippen LogP contribution is 2.27. The Morgan fingerprint density at radius 1 is 0.964 bits per heavy atom. The summed E-state index contributed by atoms with van der Waals surface area (Å²) in [5.74, 6) is -0.190. The smallest absolute Gasteiger partial charge is 0.224 e. The minimum Gasteiger partial charge on any atom is -0.494 e. The van der Waals surface area contributed by atoms with E-state index in [9.17, 15) is 9.18 Å². The molecule has 3 nitrogen and oxygen atoms in total. The van der Waals surface area contributed by atoms with Gasteiger partial charge in [-0.3, -0.25) is 4.79 Å². The van der Waals surface area contributed by atoms with E-state index in [1.165, 1.54) is 24.3 Å². The van der Waals surface area contributed by atoms with E-state index < -0.39 is 5.82 Å². The van der Waals surface area contributed by atoms with Gasteiger partial charge in [0.25, 0.3) is 0 Å². The van der Waals surface area contributed by atoms with Gasteiger partial charge in [-0.1, -0.05) is 66.7 Å². The lowest BCUT2D eigenvalue weighted by atomic mass is 9.88. The van der Waals surface area contributed by atoms with Crippen LogP contribution in [0.3, 0.4) is 0 Å². The first-order valence-corrected chi connectivity index (χ1v) is 9.36. The largest absolute Gasteiger partial charge is 0.494 e. The molecule has 0 atom stereocenters. The number of nitrogens with one attached hydrogen (secondary N) is 1. The summed E-state index contributed by atoms with van der Waals surface area (Å²) in [6.45, 7) is 0.548. The average Bonchev–Trinajstić information content (AvgIpc) is 2.73. The number of hydrogen-bond donors (Lipinski definition) is 1. The lowest BCUT2D eigenvalue weighted by Gasteiger charge is -2.18. The van der Waals surface area contributed by atoms with E-state index in [1.807, 2.05) is 36.4 Å². The van der Waals surface area contributed by atoms with Gasteiger partial charge in [0.2, 0.25) is 5.91 Å². The highest BCUT2D eigenvalue weighted by molar-refractivity contribution is 5.78. The van der Waals surface area contributed by atoms with E-state index in [1.54, 1.807) is 12.1 Å². The standard InChI is InChI=1S/C24H24FNO2/c1-28-23-13-12-18(16-22(23)25)17-24(27)26-15-14-21(19-8-4-2-5-9-19)20-10-6-3-7-11-20/h2-13,16,21H,14-15,17H2,1H3,(H,26,27). The third kappa shape index (κ3) is 5.19. The zero-order valence-corrected chi connectivity index (χ0v) is 15.9. The summed E-state index contributed by atoms with van der Waals surface area (Å²) in [4.78, 5) is 12.3. The number of halogens is 1. The number of methoxy groups -OCH3 is 1. The number of rotatable bonds is 8. The predicted octanol–water partition coefficient (Wildman–Crippen LogP) is 4.72. The molecule has 0 aromatic heterocycles. The molecule has 3 aromatic rings. The molecular weight excluding hydrogens is 353 g/mol. The van der Waals surface area contributed by atoms with Crippen LogP contribution in [0.5, 0.6) is 5.75 Å². The summed E-state index contributed by atoms with van der Waals surface area (Å²) >= 11 is 0. The van der Waals surface area contributed by atoms with Crippen molar-refractivity contribution in [1.82, 2.24) is 5.32 Å². The topological polar surface area (TPSA) is 38.3 Å². The van der Waals surface area contributed by atoms with E-state index in [0.29, 0.717) is 12.1 Å². The van der Waals surface area contributed by atoms with Crippen LogP contribution in [-0.2, 0) is 11.2 Å². The summed E-state index contributed by atoms with van der Waals surface area (Å²) in [5, 5.41) is 2.96. The van der Waals surface area contributed by atoms with Gasteiger partial charge >= 0.3 is 0 Å². The molecule has 0 heterocycles. The molecule has 3 aromatic carbocycles. The molecule has 1 amide bonds. The van der Waals surface area contributed by atoms with Crippen LogP contribution >= 0.6 is 0 Å². The van der Waals surface area contributed by atoms with Gasteiger partial charge in [-0.2, -0.15) is 0 Å². The molecule has 3 rings (SSSR count). The van der Waals surface area contributed by atoms with Crippen LogP contribution in [0.15, 0.2) is 78.9 Å². The van der Waals surface area contributed by atoms with Crippen LogP contribution in [0.4, 0.5) is 4.39 Å². The second kappa shape index (κ2) is 9.70. The fourth-order valence-electron chi connectivity index (χ4n) is 3.32. The van der Waals surface area contributed by atoms with Crippen LogP contribution in [0.2, 0.25) is 0 Å². The molecule has 4 heteroatoms. The van der Waals surface area contributed by atoms with E-state index in [2.05, 4.69) is 29.6 Å². The maximum atomic E-state index is 13.8. The van der Waals surface area contributed by atoms with E-state index in [-0.39, 0.29) is 24.0 Å². The minimum absolute atomic E-state index is 0.121. The van der Waals surface area contributed by atoms with Gasteiger partial charge in [0.1, 0.15) is 0 Å². The van der Waals surface area contributed by atoms with E-state index in [0.717, 1.165) is 6.42 Å². The zero-order valence-electron chi connectivity index (χ0n) is 15.9. The van der Waals surface area contributed by atoms with Crippen LogP contribution in [0, 0.1) is 5.82 Å². The van der Waals surface area contributed by atoms with Gasteiger partial charge in [0, 0.05) is 12.5 Å². The fraction of sp³-hybridized carbons (Fsp3) is 0.208. The van der Waals surface area contributed by atoms with Gasteiger partial charge in [0.05, 0.1) is 13.5 Å². The van der Waals surface area contributed by atoms with Crippen molar-refractivity contribution in [3.05, 3.63) is 101 Å². The summed E-state index contributed by atoms with van der Waals surface area (Å²) in [6.07, 6.45) is 0.930. The molecular formula is C24H24FNO2. The third-order valence-corrected chi connectivity index (χ3v) is 4.74. The molecule has 0 aliphatic carbocycles. The summed E-state index contributed by atoms with van der Waals surface area (Å²) in [5.41, 5.74) is 3.07. The Hall–Kier alpha value is -3.14. The van der Waals surface area contributed by atoms with Crippen LogP contribution in [0.25, 0.3) is 0 Å². The van der Waals surface area contributed by atoms with Crippen molar-refractivity contribution in [1.29, 1.82) is 0 Å². The van der Waals surface area contributed by atoms with Gasteiger partial charge in [-0.05, 0) is 35.2 Å². The number of carbonyl (C=O) groups excluding carboxylic acids is 1. The number of carbonyl (C=O) groups is 1. The molecule has 0 saturated carbocycles. The maximum absolute atomic E-state index is 13.8. The van der Waals surface area contributed by atoms with Crippen LogP contribution in [-0.4, -0.2) is 19.6 Å². The van der Waals surface area contributed by atoms with Crippen molar-refractivity contribution in [3.63, 3.8) is 0 Å². The maximum Gasteiger partial charge on any atom is 0.224 e. The van der Waals surface area contributed by atoms with Crippen molar-refractivity contribution < 1.29 is 13.9 Å². The second-order valence-corrected chi connectivity index (χ2v) is 6.66. The molecule has 28 heavy (non-hydrogen) atoms. The zero-order chi connectivity index (χ0) is 19.8. The lowest BCUT2D eigenvalue weighted by molar-refractivity contribution is -0.120. The molecule has 144 valence electrons. The Morgan fingerprint density at radius 3 is 2.11 bits per heavy atom. The first-order chi connectivity index (χ1) is 13.7. The van der Waals surface area contributed by atoms with E-state index in [4.69, 9.17) is 4.74 Å². The number of ether oxygens (including phenoxy) is 1. The van der Waals surface area contributed by atoms with Crippen molar-refractivity contribution >= 4 is 5.91 Å². The van der Waals surface area contributed by atoms with Crippen molar-refractivity contribution in [3.8, 4) is 5.75 Å². The molecule has 0 fully saturated rings. The SMILES string of the molecule is COc1ccc(CC(=O)NCCC(c2ccccc2)c2ccccc2)cc1F. The quantitative estimate of drug-likeness (QED) is 0.617. The first kappa shape index (κ1) is 19.6. The molecule has 1 N–H and O–H groups in total. The van der Waals surface area contributed by atoms with Crippen molar-refractivity contribution in [2.45, 2.75) is 18.8 Å². The van der Waals surface area contributed by atoms with Gasteiger partial charge in [-0.25, -0.2) is 4.39 Å². The number of hydrogen-bond acceptors (Lipinski definition) is 2. The number of benzene rings is 3. The Morgan fingerprint density at radius 2 is 1.57 bits per heavy atom. The molecule has 0 aliphatic rings. The Bertz CT molecular complexity index is 857. The fourth-order valence-corrected chi connectivity index (χ4v) is 3.32. The van der Waals surface area contributed by atoms with Gasteiger partial charge in [0.15, 0.2) is 11.6 Å². The van der Waals surface area contributed by atoms with Gasteiger partial charge < -0.3 is 10.1 Å². The normalized spacial score (nSPS) is 10.7. The Labute approximate surface area is 165 Å². The third-order valence-electron chi connectivity index (χ3n) is 4.74. The molecule has 0 radical (unpaired) electrons. The van der Waals surface area contributed by atoms with Gasteiger partial charge in [-0.15, -0.1) is 0 Å². The lowest BCUT2D eigenvalue weighted by Crippen LogP contribution is -2.27. The molecule has 0 aliphatic heterocycles. The number of amides is 1. The second-order valence-electron chi connectivity index (χ2n) is 6.66. The molecule has 0 bridgehead atoms. The average molecular weight is 377 g/mol. The highest BCUT2D eigenvalue weighted by Gasteiger charge is 2.14. The molecule has 0 spiro atoms. The predicted molar refractivity (Wildman–Crippen MR) is 109 cm³/mol. The minimum atomic E-state index is -0.457. The molecule has 0 unspecified atom stereocenters. The Kier molecular flexibility index (Phi) is 6.79.